The Kier molecular flexibility index (Phi) is 6.91. The first kappa shape index (κ1) is 22.8. The van der Waals surface area contributed by atoms with Gasteiger partial charge in [-0.05, 0) is 37.3 Å². The summed E-state index contributed by atoms with van der Waals surface area (Å²) in [6.07, 6.45) is 6.01. The van der Waals surface area contributed by atoms with Crippen LogP contribution in [0, 0.1) is 0 Å². The summed E-state index contributed by atoms with van der Waals surface area (Å²) in [6, 6.07) is 9.88. The molecule has 0 unspecified atom stereocenters. The Morgan fingerprint density at radius 1 is 1.24 bits per heavy atom. The molecule has 3 heterocycles. The summed E-state index contributed by atoms with van der Waals surface area (Å²) in [5, 5.41) is 4.26. The molecule has 2 amide bonds. The van der Waals surface area contributed by atoms with Crippen LogP contribution in [0.15, 0.2) is 36.5 Å². The summed E-state index contributed by atoms with van der Waals surface area (Å²) in [5.74, 6) is 1.46. The fraction of sp³-hybridized carbons (Fsp3) is 0.440. The Morgan fingerprint density at radius 3 is 2.85 bits per heavy atom. The molecule has 1 aliphatic heterocycles. The quantitative estimate of drug-likeness (QED) is 0.575. The zero-order valence-electron chi connectivity index (χ0n) is 19.6. The van der Waals surface area contributed by atoms with Crippen LogP contribution in [0.5, 0.6) is 0 Å². The predicted molar refractivity (Wildman–Crippen MR) is 129 cm³/mol. The van der Waals surface area contributed by atoms with Crippen LogP contribution in [-0.2, 0) is 22.6 Å². The Morgan fingerprint density at radius 2 is 2.06 bits per heavy atom. The highest BCUT2D eigenvalue weighted by molar-refractivity contribution is 5.84. The number of rotatable bonds is 7. The minimum atomic E-state index is -0.149. The Bertz CT molecular complexity index is 1140. The van der Waals surface area contributed by atoms with Gasteiger partial charge in [-0.3, -0.25) is 9.59 Å². The van der Waals surface area contributed by atoms with Crippen molar-refractivity contribution in [1.29, 1.82) is 0 Å². The topological polar surface area (TPSA) is 94.2 Å². The number of aryl methyl sites for hydroxylation is 1. The van der Waals surface area contributed by atoms with Gasteiger partial charge in [0.2, 0.25) is 11.8 Å². The van der Waals surface area contributed by atoms with Gasteiger partial charge in [-0.2, -0.15) is 0 Å². The zero-order chi connectivity index (χ0) is 23.4. The number of likely N-dealkylation sites (tertiary alicyclic amines) is 1. The summed E-state index contributed by atoms with van der Waals surface area (Å²) < 4.78 is 0. The number of hydrogen-bond acceptors (Lipinski definition) is 5. The van der Waals surface area contributed by atoms with E-state index in [-0.39, 0.29) is 17.9 Å². The second-order valence-electron chi connectivity index (χ2n) is 8.69. The summed E-state index contributed by atoms with van der Waals surface area (Å²) in [4.78, 5) is 41.3. The van der Waals surface area contributed by atoms with Crippen LogP contribution in [0.3, 0.4) is 0 Å². The maximum atomic E-state index is 13.3. The fourth-order valence-corrected chi connectivity index (χ4v) is 4.45. The van der Waals surface area contributed by atoms with Gasteiger partial charge in [-0.15, -0.1) is 0 Å². The molecule has 1 aromatic carbocycles. The molecule has 2 aromatic heterocycles. The molecular formula is C25H32N6O2. The van der Waals surface area contributed by atoms with E-state index in [0.717, 1.165) is 36.0 Å². The highest BCUT2D eigenvalue weighted by atomic mass is 16.2. The third-order valence-corrected chi connectivity index (χ3v) is 6.39. The van der Waals surface area contributed by atoms with E-state index in [2.05, 4.69) is 27.4 Å². The third kappa shape index (κ3) is 5.16. The van der Waals surface area contributed by atoms with E-state index in [9.17, 15) is 9.59 Å². The molecule has 3 aromatic rings. The van der Waals surface area contributed by atoms with Crippen molar-refractivity contribution in [2.75, 3.05) is 26.0 Å². The van der Waals surface area contributed by atoms with Gasteiger partial charge in [0, 0.05) is 57.2 Å². The van der Waals surface area contributed by atoms with Gasteiger partial charge in [-0.25, -0.2) is 9.97 Å². The first-order valence-electron chi connectivity index (χ1n) is 11.6. The molecule has 2 N–H and O–H groups in total. The van der Waals surface area contributed by atoms with Gasteiger partial charge in [0.15, 0.2) is 5.82 Å². The van der Waals surface area contributed by atoms with Gasteiger partial charge < -0.3 is 20.1 Å². The fourth-order valence-electron chi connectivity index (χ4n) is 4.45. The van der Waals surface area contributed by atoms with Crippen molar-refractivity contribution in [2.45, 2.75) is 51.6 Å². The van der Waals surface area contributed by atoms with E-state index in [1.165, 1.54) is 12.3 Å². The largest absolute Gasteiger partial charge is 0.373 e. The molecule has 1 aliphatic rings. The minimum Gasteiger partial charge on any atom is -0.373 e. The monoisotopic (exact) mass is 448 g/mol. The van der Waals surface area contributed by atoms with Crippen molar-refractivity contribution in [1.82, 2.24) is 24.8 Å². The summed E-state index contributed by atoms with van der Waals surface area (Å²) >= 11 is 0. The average molecular weight is 449 g/mol. The van der Waals surface area contributed by atoms with Crippen LogP contribution in [0.1, 0.15) is 55.7 Å². The third-order valence-electron chi connectivity index (χ3n) is 6.39. The molecule has 0 saturated carbocycles. The highest BCUT2D eigenvalue weighted by Crippen LogP contribution is 2.31. The smallest absolute Gasteiger partial charge is 0.223 e. The van der Waals surface area contributed by atoms with Crippen molar-refractivity contribution in [3.05, 3.63) is 53.6 Å². The second kappa shape index (κ2) is 10.0. The molecular weight excluding hydrogens is 416 g/mol. The number of para-hydroxylation sites is 1. The van der Waals surface area contributed by atoms with Gasteiger partial charge in [0.1, 0.15) is 5.82 Å². The number of amides is 2. The summed E-state index contributed by atoms with van der Waals surface area (Å²) in [5.41, 5.74) is 3.02. The molecule has 0 aliphatic carbocycles. The van der Waals surface area contributed by atoms with E-state index in [4.69, 9.17) is 4.98 Å². The number of carbonyl (C=O) groups excluding carboxylic acids is 2. The number of aromatic nitrogens is 3. The van der Waals surface area contributed by atoms with Gasteiger partial charge in [-0.1, -0.05) is 18.2 Å². The van der Waals surface area contributed by atoms with Crippen molar-refractivity contribution in [3.63, 3.8) is 0 Å². The lowest BCUT2D eigenvalue weighted by Gasteiger charge is -2.35. The molecule has 8 nitrogen and oxygen atoms in total. The first-order chi connectivity index (χ1) is 16.0. The van der Waals surface area contributed by atoms with Crippen molar-refractivity contribution in [3.8, 4) is 0 Å². The van der Waals surface area contributed by atoms with Crippen LogP contribution >= 0.6 is 0 Å². The summed E-state index contributed by atoms with van der Waals surface area (Å²) in [6.45, 7) is 2.66. The number of hydrogen-bond donors (Lipinski definition) is 2. The van der Waals surface area contributed by atoms with Gasteiger partial charge >= 0.3 is 0 Å². The predicted octanol–water partition coefficient (Wildman–Crippen LogP) is 3.66. The van der Waals surface area contributed by atoms with Crippen molar-refractivity contribution in [2.24, 2.45) is 0 Å². The standard InChI is InChI=1S/C25H32N6O2/c1-17(32)30(3)16-19-14-23(26-2)29-25(28-19)22-10-6-7-13-31(22)24(33)12-11-18-15-27-21-9-5-4-8-20(18)21/h4-5,8-9,14-15,22,27H,6-7,10-13,16H2,1-3H3,(H,26,28,29)/t22-/m0/s1. The molecule has 174 valence electrons. The van der Waals surface area contributed by atoms with Gasteiger partial charge in [0.05, 0.1) is 18.3 Å². The lowest BCUT2D eigenvalue weighted by atomic mass is 9.99. The highest BCUT2D eigenvalue weighted by Gasteiger charge is 2.30. The van der Waals surface area contributed by atoms with E-state index in [0.29, 0.717) is 37.6 Å². The maximum Gasteiger partial charge on any atom is 0.223 e. The van der Waals surface area contributed by atoms with Crippen LogP contribution in [0.2, 0.25) is 0 Å². The zero-order valence-corrected chi connectivity index (χ0v) is 19.6. The molecule has 33 heavy (non-hydrogen) atoms. The van der Waals surface area contributed by atoms with Crippen LogP contribution < -0.4 is 5.32 Å². The van der Waals surface area contributed by atoms with E-state index in [1.54, 1.807) is 11.9 Å². The summed E-state index contributed by atoms with van der Waals surface area (Å²) in [7, 11) is 3.57. The molecule has 1 fully saturated rings. The Hall–Kier alpha value is -3.42. The van der Waals surface area contributed by atoms with Gasteiger partial charge in [0.25, 0.3) is 0 Å². The number of H-pyrrole nitrogens is 1. The number of benzene rings is 1. The molecule has 1 saturated heterocycles. The number of anilines is 1. The number of carbonyl (C=O) groups is 2. The normalized spacial score (nSPS) is 16.1. The van der Waals surface area contributed by atoms with Crippen LogP contribution in [0.4, 0.5) is 5.82 Å². The number of fused-ring (bicyclic) bond motifs is 1. The maximum absolute atomic E-state index is 13.3. The lowest BCUT2D eigenvalue weighted by molar-refractivity contribution is -0.135. The van der Waals surface area contributed by atoms with E-state index in [1.807, 2.05) is 36.3 Å². The number of piperidine rings is 1. The second-order valence-corrected chi connectivity index (χ2v) is 8.69. The molecule has 0 spiro atoms. The molecule has 8 heteroatoms. The molecule has 0 bridgehead atoms. The number of nitrogens with zero attached hydrogens (tertiary/aromatic N) is 4. The minimum absolute atomic E-state index is 0.0204. The van der Waals surface area contributed by atoms with E-state index < -0.39 is 0 Å². The number of aromatic amines is 1. The SMILES string of the molecule is CNc1cc(CN(C)C(C)=O)nc([C@@H]2CCCCN2C(=O)CCc2c[nH]c3ccccc23)n1. The van der Waals surface area contributed by atoms with Crippen LogP contribution in [-0.4, -0.2) is 57.2 Å². The van der Waals surface area contributed by atoms with Crippen molar-refractivity contribution >= 4 is 28.5 Å². The molecule has 0 radical (unpaired) electrons. The first-order valence-corrected chi connectivity index (χ1v) is 11.6. The number of nitrogens with one attached hydrogen (secondary N) is 2. The molecule has 4 rings (SSSR count). The average Bonchev–Trinajstić information content (AvgIpc) is 3.25. The Labute approximate surface area is 194 Å². The van der Waals surface area contributed by atoms with Crippen LogP contribution in [0.25, 0.3) is 10.9 Å². The molecule has 1 atom stereocenters. The van der Waals surface area contributed by atoms with E-state index >= 15 is 0 Å². The lowest BCUT2D eigenvalue weighted by Crippen LogP contribution is -2.39. The Balaban J connectivity index is 1.52. The van der Waals surface area contributed by atoms with Crippen molar-refractivity contribution < 1.29 is 9.59 Å².